The summed E-state index contributed by atoms with van der Waals surface area (Å²) in [5.41, 5.74) is 5.17. The van der Waals surface area contributed by atoms with E-state index in [1.54, 1.807) is 0 Å². The zero-order chi connectivity index (χ0) is 18.4. The first-order valence-corrected chi connectivity index (χ1v) is 10.8. The van der Waals surface area contributed by atoms with Crippen molar-refractivity contribution in [2.75, 3.05) is 6.23 Å². The van der Waals surface area contributed by atoms with Gasteiger partial charge in [0.1, 0.15) is 11.5 Å². The van der Waals surface area contributed by atoms with Crippen LogP contribution in [0.3, 0.4) is 0 Å². The summed E-state index contributed by atoms with van der Waals surface area (Å²) in [6.07, 6.45) is 0.855. The Morgan fingerprint density at radius 1 is 0.808 bits per heavy atom. The van der Waals surface area contributed by atoms with Gasteiger partial charge < -0.3 is 9.47 Å². The molecule has 0 N–H and O–H groups in total. The molecule has 0 aliphatic heterocycles. The Balaban J connectivity index is 1.52. The van der Waals surface area contributed by atoms with Gasteiger partial charge in [-0.3, -0.25) is 0 Å². The van der Waals surface area contributed by atoms with Crippen LogP contribution in [0.15, 0.2) is 66.7 Å². The molecule has 0 aliphatic carbocycles. The fourth-order valence-electron chi connectivity index (χ4n) is 2.90. The summed E-state index contributed by atoms with van der Waals surface area (Å²) in [4.78, 5) is 0. The lowest BCUT2D eigenvalue weighted by atomic mass is 10.1. The number of benzene rings is 3. The van der Waals surface area contributed by atoms with E-state index in [1.807, 2.05) is 24.3 Å². The lowest BCUT2D eigenvalue weighted by Gasteiger charge is -2.10. The fourth-order valence-corrected chi connectivity index (χ4v) is 4.36. The highest BCUT2D eigenvalue weighted by Gasteiger charge is 2.03. The van der Waals surface area contributed by atoms with Crippen molar-refractivity contribution in [3.05, 3.63) is 89.0 Å². The predicted molar refractivity (Wildman–Crippen MR) is 111 cm³/mol. The van der Waals surface area contributed by atoms with E-state index in [-0.39, 0.29) is 0 Å². The smallest absolute Gasteiger partial charge is 0.127 e. The number of ether oxygens (including phenoxy) is 2. The van der Waals surface area contributed by atoms with Gasteiger partial charge in [-0.15, -0.1) is 0 Å². The molecule has 0 atom stereocenters. The van der Waals surface area contributed by atoms with Crippen molar-refractivity contribution in [2.45, 2.75) is 27.4 Å². The van der Waals surface area contributed by atoms with Crippen molar-refractivity contribution < 1.29 is 9.47 Å². The van der Waals surface area contributed by atoms with E-state index in [0.717, 1.165) is 23.3 Å². The van der Waals surface area contributed by atoms with E-state index >= 15 is 0 Å². The summed E-state index contributed by atoms with van der Waals surface area (Å²) in [7, 11) is -0.392. The molecule has 0 amide bonds. The van der Waals surface area contributed by atoms with Gasteiger partial charge in [-0.2, -0.15) is 0 Å². The maximum absolute atomic E-state index is 5.95. The Morgan fingerprint density at radius 2 is 1.58 bits per heavy atom. The third kappa shape index (κ3) is 5.07. The van der Waals surface area contributed by atoms with Gasteiger partial charge in [0.15, 0.2) is 0 Å². The van der Waals surface area contributed by atoms with Gasteiger partial charge in [-0.05, 0) is 61.7 Å². The average Bonchev–Trinajstić information content (AvgIpc) is 2.64. The highest BCUT2D eigenvalue weighted by molar-refractivity contribution is 6.53. The van der Waals surface area contributed by atoms with Crippen molar-refractivity contribution in [1.29, 1.82) is 0 Å². The standard InChI is InChI=1S/C23H26O2Si/c1-17-10-12-21(13-11-17)25-22-8-5-7-20(14-22)15-24-16-26-23-9-4-6-18(2)19(23)3/h4-14H,15-16,26H2,1-3H3. The van der Waals surface area contributed by atoms with Crippen molar-refractivity contribution in [3.63, 3.8) is 0 Å². The first-order valence-electron chi connectivity index (χ1n) is 9.08. The van der Waals surface area contributed by atoms with Crippen molar-refractivity contribution in [3.8, 4) is 11.5 Å². The minimum atomic E-state index is -0.392. The molecule has 2 nitrogen and oxygen atoms in total. The Morgan fingerprint density at radius 3 is 2.38 bits per heavy atom. The zero-order valence-electron chi connectivity index (χ0n) is 15.8. The fraction of sp³-hybridized carbons (Fsp3) is 0.217. The molecule has 3 rings (SSSR count). The molecule has 0 saturated heterocycles. The van der Waals surface area contributed by atoms with Crippen LogP contribution in [0, 0.1) is 20.8 Å². The summed E-state index contributed by atoms with van der Waals surface area (Å²) >= 11 is 0. The molecule has 0 radical (unpaired) electrons. The van der Waals surface area contributed by atoms with Crippen LogP contribution in [0.2, 0.25) is 0 Å². The molecule has 0 fully saturated rings. The zero-order valence-corrected chi connectivity index (χ0v) is 17.2. The van der Waals surface area contributed by atoms with Gasteiger partial charge in [0, 0.05) is 6.23 Å². The van der Waals surface area contributed by atoms with Crippen LogP contribution in [-0.2, 0) is 11.3 Å². The second-order valence-corrected chi connectivity index (χ2v) is 8.39. The first-order chi connectivity index (χ1) is 12.6. The highest BCUT2D eigenvalue weighted by atomic mass is 28.2. The first kappa shape index (κ1) is 18.4. The van der Waals surface area contributed by atoms with Gasteiger partial charge >= 0.3 is 0 Å². The molecule has 3 heteroatoms. The average molecular weight is 363 g/mol. The number of hydrogen-bond donors (Lipinski definition) is 0. The monoisotopic (exact) mass is 362 g/mol. The molecule has 26 heavy (non-hydrogen) atoms. The van der Waals surface area contributed by atoms with Gasteiger partial charge in [0.25, 0.3) is 0 Å². The Kier molecular flexibility index (Phi) is 6.26. The third-order valence-electron chi connectivity index (χ3n) is 4.66. The summed E-state index contributed by atoms with van der Waals surface area (Å²) in [5, 5.41) is 1.50. The van der Waals surface area contributed by atoms with Crippen LogP contribution in [0.4, 0.5) is 0 Å². The van der Waals surface area contributed by atoms with Crippen LogP contribution < -0.4 is 9.92 Å². The Hall–Kier alpha value is -2.36. The van der Waals surface area contributed by atoms with Gasteiger partial charge in [0.05, 0.1) is 16.1 Å². The van der Waals surface area contributed by atoms with E-state index in [9.17, 15) is 0 Å². The van der Waals surface area contributed by atoms with E-state index in [4.69, 9.17) is 9.47 Å². The molecule has 0 aromatic heterocycles. The third-order valence-corrected chi connectivity index (χ3v) is 6.45. The maximum Gasteiger partial charge on any atom is 0.127 e. The van der Waals surface area contributed by atoms with E-state index in [2.05, 4.69) is 63.2 Å². The van der Waals surface area contributed by atoms with Crippen LogP contribution >= 0.6 is 0 Å². The molecular weight excluding hydrogens is 336 g/mol. The lowest BCUT2D eigenvalue weighted by Crippen LogP contribution is -2.23. The molecule has 0 saturated carbocycles. The molecular formula is C23H26O2Si. The van der Waals surface area contributed by atoms with Crippen molar-refractivity contribution >= 4 is 14.7 Å². The van der Waals surface area contributed by atoms with Gasteiger partial charge in [0.2, 0.25) is 0 Å². The van der Waals surface area contributed by atoms with E-state index in [1.165, 1.54) is 21.9 Å². The second-order valence-electron chi connectivity index (χ2n) is 6.72. The summed E-state index contributed by atoms with van der Waals surface area (Å²) in [5.74, 6) is 1.71. The summed E-state index contributed by atoms with van der Waals surface area (Å²) in [6, 6.07) is 22.8. The number of rotatable bonds is 7. The van der Waals surface area contributed by atoms with E-state index in [0.29, 0.717) is 6.61 Å². The summed E-state index contributed by atoms with van der Waals surface area (Å²) < 4.78 is 11.9. The molecule has 0 bridgehead atoms. The highest BCUT2D eigenvalue weighted by Crippen LogP contribution is 2.22. The minimum absolute atomic E-state index is 0.392. The topological polar surface area (TPSA) is 18.5 Å². The number of aryl methyl sites for hydroxylation is 2. The predicted octanol–water partition coefficient (Wildman–Crippen LogP) is 4.37. The molecule has 3 aromatic carbocycles. The lowest BCUT2D eigenvalue weighted by molar-refractivity contribution is 0.164. The van der Waals surface area contributed by atoms with Crippen LogP contribution in [-0.4, -0.2) is 15.7 Å². The van der Waals surface area contributed by atoms with Gasteiger partial charge in [-0.1, -0.05) is 53.2 Å². The van der Waals surface area contributed by atoms with Crippen molar-refractivity contribution in [2.24, 2.45) is 0 Å². The number of hydrogen-bond acceptors (Lipinski definition) is 2. The quantitative estimate of drug-likeness (QED) is 0.459. The van der Waals surface area contributed by atoms with E-state index < -0.39 is 9.52 Å². The normalized spacial score (nSPS) is 11.2. The Bertz CT molecular complexity index is 856. The van der Waals surface area contributed by atoms with Crippen LogP contribution in [0.25, 0.3) is 0 Å². The van der Waals surface area contributed by atoms with Crippen molar-refractivity contribution in [1.82, 2.24) is 0 Å². The molecule has 0 spiro atoms. The van der Waals surface area contributed by atoms with Crippen LogP contribution in [0.1, 0.15) is 22.3 Å². The summed E-state index contributed by atoms with van der Waals surface area (Å²) in [6.45, 7) is 7.09. The van der Waals surface area contributed by atoms with Crippen LogP contribution in [0.5, 0.6) is 11.5 Å². The largest absolute Gasteiger partial charge is 0.457 e. The Labute approximate surface area is 158 Å². The molecule has 0 unspecified atom stereocenters. The molecule has 134 valence electrons. The maximum atomic E-state index is 5.95. The molecule has 0 heterocycles. The molecule has 3 aromatic rings. The minimum Gasteiger partial charge on any atom is -0.457 e. The molecule has 0 aliphatic rings. The van der Waals surface area contributed by atoms with Gasteiger partial charge in [-0.25, -0.2) is 0 Å². The SMILES string of the molecule is Cc1ccc(Oc2cccc(COC[SiH2]c3cccc(C)c3C)c2)cc1. The second kappa shape index (κ2) is 8.83.